The number of hydrogen-bond donors (Lipinski definition) is 1. The third-order valence-corrected chi connectivity index (χ3v) is 7.31. The molecule has 0 bridgehead atoms. The number of carbonyl (C=O) groups is 3. The van der Waals surface area contributed by atoms with Crippen LogP contribution in [-0.2, 0) is 16.1 Å². The van der Waals surface area contributed by atoms with Crippen molar-refractivity contribution in [1.29, 1.82) is 0 Å². The lowest BCUT2D eigenvalue weighted by atomic mass is 10.1. The van der Waals surface area contributed by atoms with Crippen LogP contribution in [0.5, 0.6) is 11.5 Å². The van der Waals surface area contributed by atoms with Gasteiger partial charge in [0.15, 0.2) is 16.7 Å². The molecule has 10 heteroatoms. The van der Waals surface area contributed by atoms with E-state index in [-0.39, 0.29) is 30.9 Å². The summed E-state index contributed by atoms with van der Waals surface area (Å²) in [4.78, 5) is 45.5. The first-order chi connectivity index (χ1) is 17.0. The van der Waals surface area contributed by atoms with Crippen LogP contribution in [0.25, 0.3) is 0 Å². The van der Waals surface area contributed by atoms with Crippen LogP contribution in [0.2, 0.25) is 0 Å². The van der Waals surface area contributed by atoms with Gasteiger partial charge < -0.3 is 24.6 Å². The molecular weight excluding hydrogens is 468 g/mol. The first-order valence-electron chi connectivity index (χ1n) is 11.5. The van der Waals surface area contributed by atoms with Crippen LogP contribution in [-0.4, -0.2) is 64.9 Å². The SMILES string of the molecule is CN(Cc1ccc2c(c1)OCO2)C(=O)c1ccc(NC(=O)CC2SC(N3CCCC3)=NC2=O)cc1. The zero-order valence-electron chi connectivity index (χ0n) is 19.4. The smallest absolute Gasteiger partial charge is 0.262 e. The third-order valence-electron chi connectivity index (χ3n) is 6.10. The van der Waals surface area contributed by atoms with E-state index in [9.17, 15) is 14.4 Å². The van der Waals surface area contributed by atoms with Gasteiger partial charge in [0, 0.05) is 44.4 Å². The van der Waals surface area contributed by atoms with Gasteiger partial charge in [-0.15, -0.1) is 0 Å². The normalized spacial score (nSPS) is 18.5. The molecule has 182 valence electrons. The second kappa shape index (κ2) is 9.99. The minimum absolute atomic E-state index is 0.0588. The Bertz CT molecular complexity index is 1180. The number of anilines is 1. The highest BCUT2D eigenvalue weighted by Gasteiger charge is 2.33. The number of rotatable bonds is 6. The van der Waals surface area contributed by atoms with E-state index < -0.39 is 5.25 Å². The highest BCUT2D eigenvalue weighted by Crippen LogP contribution is 2.33. The minimum Gasteiger partial charge on any atom is -0.454 e. The van der Waals surface area contributed by atoms with Crippen molar-refractivity contribution >= 4 is 40.3 Å². The summed E-state index contributed by atoms with van der Waals surface area (Å²) >= 11 is 1.37. The van der Waals surface area contributed by atoms with Crippen LogP contribution in [0.15, 0.2) is 47.5 Å². The Labute approximate surface area is 207 Å². The molecule has 1 N–H and O–H groups in total. The van der Waals surface area contributed by atoms with Gasteiger partial charge in [-0.3, -0.25) is 14.4 Å². The van der Waals surface area contributed by atoms with Crippen molar-refractivity contribution in [3.05, 3.63) is 53.6 Å². The van der Waals surface area contributed by atoms with Crippen LogP contribution >= 0.6 is 11.8 Å². The lowest BCUT2D eigenvalue weighted by Gasteiger charge is -2.18. The fourth-order valence-corrected chi connectivity index (χ4v) is 5.35. The predicted molar refractivity (Wildman–Crippen MR) is 133 cm³/mol. The molecule has 0 radical (unpaired) electrons. The van der Waals surface area contributed by atoms with Gasteiger partial charge >= 0.3 is 0 Å². The number of ether oxygens (including phenoxy) is 2. The van der Waals surface area contributed by atoms with Gasteiger partial charge in [-0.2, -0.15) is 4.99 Å². The standard InChI is InChI=1S/C25H26N4O5S/c1-28(14-16-4-9-19-20(12-16)34-15-33-19)24(32)17-5-7-18(8-6-17)26-22(30)13-21-23(31)27-25(35-21)29-10-2-3-11-29/h4-9,12,21H,2-3,10-11,13-15H2,1H3,(H,26,30). The van der Waals surface area contributed by atoms with E-state index >= 15 is 0 Å². The van der Waals surface area contributed by atoms with Crippen LogP contribution in [0.1, 0.15) is 35.2 Å². The number of nitrogens with zero attached hydrogens (tertiary/aromatic N) is 3. The van der Waals surface area contributed by atoms with Gasteiger partial charge in [-0.05, 0) is 54.8 Å². The fourth-order valence-electron chi connectivity index (χ4n) is 4.23. The van der Waals surface area contributed by atoms with Crippen LogP contribution in [0, 0.1) is 0 Å². The summed E-state index contributed by atoms with van der Waals surface area (Å²) in [7, 11) is 1.73. The van der Waals surface area contributed by atoms with Crippen LogP contribution < -0.4 is 14.8 Å². The molecule has 3 aliphatic heterocycles. The van der Waals surface area contributed by atoms with Crippen molar-refractivity contribution in [1.82, 2.24) is 9.80 Å². The molecule has 2 aromatic rings. The van der Waals surface area contributed by atoms with E-state index in [4.69, 9.17) is 9.47 Å². The molecule has 3 aliphatic rings. The molecular formula is C25H26N4O5S. The van der Waals surface area contributed by atoms with Gasteiger partial charge in [-0.1, -0.05) is 17.8 Å². The molecule has 2 aromatic carbocycles. The van der Waals surface area contributed by atoms with E-state index in [0.717, 1.165) is 36.7 Å². The van der Waals surface area contributed by atoms with Crippen LogP contribution in [0.4, 0.5) is 5.69 Å². The lowest BCUT2D eigenvalue weighted by molar-refractivity contribution is -0.121. The number of amides is 3. The Morgan fingerprint density at radius 1 is 1.11 bits per heavy atom. The number of fused-ring (bicyclic) bond motifs is 1. The highest BCUT2D eigenvalue weighted by atomic mass is 32.2. The first-order valence-corrected chi connectivity index (χ1v) is 12.4. The maximum atomic E-state index is 12.8. The van der Waals surface area contributed by atoms with Gasteiger partial charge in [-0.25, -0.2) is 0 Å². The van der Waals surface area contributed by atoms with Gasteiger partial charge in [0.1, 0.15) is 5.25 Å². The number of amidine groups is 1. The van der Waals surface area contributed by atoms with Crippen molar-refractivity contribution in [3.8, 4) is 11.5 Å². The van der Waals surface area contributed by atoms with E-state index in [1.807, 2.05) is 18.2 Å². The molecule has 0 aromatic heterocycles. The molecule has 1 fully saturated rings. The molecule has 0 spiro atoms. The second-order valence-electron chi connectivity index (χ2n) is 8.71. The summed E-state index contributed by atoms with van der Waals surface area (Å²) in [5, 5.41) is 3.06. The van der Waals surface area contributed by atoms with Crippen molar-refractivity contribution in [2.75, 3.05) is 32.2 Å². The molecule has 1 unspecified atom stereocenters. The maximum absolute atomic E-state index is 12.8. The van der Waals surface area contributed by atoms with E-state index in [2.05, 4.69) is 15.2 Å². The number of nitrogens with one attached hydrogen (secondary N) is 1. The largest absolute Gasteiger partial charge is 0.454 e. The number of benzene rings is 2. The van der Waals surface area contributed by atoms with Crippen molar-refractivity contribution < 1.29 is 23.9 Å². The summed E-state index contributed by atoms with van der Waals surface area (Å²) in [6, 6.07) is 12.4. The number of thioether (sulfide) groups is 1. The summed E-state index contributed by atoms with van der Waals surface area (Å²) in [5.41, 5.74) is 2.02. The van der Waals surface area contributed by atoms with Gasteiger partial charge in [0.05, 0.1) is 0 Å². The average Bonchev–Trinajstić information content (AvgIpc) is 3.60. The summed E-state index contributed by atoms with van der Waals surface area (Å²) in [6.45, 7) is 2.45. The molecule has 1 saturated heterocycles. The molecule has 3 amide bonds. The summed E-state index contributed by atoms with van der Waals surface area (Å²) in [5.74, 6) is 0.738. The average molecular weight is 495 g/mol. The van der Waals surface area contributed by atoms with Gasteiger partial charge in [0.25, 0.3) is 11.8 Å². The maximum Gasteiger partial charge on any atom is 0.262 e. The highest BCUT2D eigenvalue weighted by molar-refractivity contribution is 8.15. The van der Waals surface area contributed by atoms with E-state index in [0.29, 0.717) is 29.3 Å². The van der Waals surface area contributed by atoms with Crippen molar-refractivity contribution in [2.24, 2.45) is 4.99 Å². The fraction of sp³-hybridized carbons (Fsp3) is 0.360. The molecule has 35 heavy (non-hydrogen) atoms. The molecule has 3 heterocycles. The quantitative estimate of drug-likeness (QED) is 0.659. The predicted octanol–water partition coefficient (Wildman–Crippen LogP) is 3.11. The Kier molecular flexibility index (Phi) is 6.63. The summed E-state index contributed by atoms with van der Waals surface area (Å²) < 4.78 is 10.7. The topological polar surface area (TPSA) is 101 Å². The van der Waals surface area contributed by atoms with E-state index in [1.54, 1.807) is 36.2 Å². The first kappa shape index (κ1) is 23.2. The van der Waals surface area contributed by atoms with Crippen LogP contribution in [0.3, 0.4) is 0 Å². The Hall–Kier alpha value is -3.53. The monoisotopic (exact) mass is 494 g/mol. The molecule has 0 saturated carbocycles. The second-order valence-corrected chi connectivity index (χ2v) is 9.88. The van der Waals surface area contributed by atoms with Gasteiger partial charge in [0.2, 0.25) is 12.7 Å². The number of hydrogen-bond acceptors (Lipinski definition) is 7. The molecule has 1 atom stereocenters. The zero-order valence-corrected chi connectivity index (χ0v) is 20.2. The molecule has 5 rings (SSSR count). The molecule has 0 aliphatic carbocycles. The molecule has 9 nitrogen and oxygen atoms in total. The Balaban J connectivity index is 1.12. The van der Waals surface area contributed by atoms with Crippen molar-refractivity contribution in [3.63, 3.8) is 0 Å². The third kappa shape index (κ3) is 5.27. The number of aliphatic imine (C=N–C) groups is 1. The summed E-state index contributed by atoms with van der Waals surface area (Å²) in [6.07, 6.45) is 2.26. The number of carbonyl (C=O) groups excluding carboxylic acids is 3. The van der Waals surface area contributed by atoms with E-state index in [1.165, 1.54) is 11.8 Å². The zero-order chi connectivity index (χ0) is 24.4. The van der Waals surface area contributed by atoms with Crippen molar-refractivity contribution in [2.45, 2.75) is 31.1 Å². The Morgan fingerprint density at radius 3 is 2.63 bits per heavy atom. The number of likely N-dealkylation sites (tertiary alicyclic amines) is 1. The lowest BCUT2D eigenvalue weighted by Crippen LogP contribution is -2.26. The Morgan fingerprint density at radius 2 is 1.86 bits per heavy atom. The minimum atomic E-state index is -0.490.